The molecule has 2 aromatic heterocycles. The number of nitrogens with zero attached hydrogens (tertiary/aromatic N) is 4. The lowest BCUT2D eigenvalue weighted by atomic mass is 9.92. The van der Waals surface area contributed by atoms with Gasteiger partial charge in [0.2, 0.25) is 0 Å². The van der Waals surface area contributed by atoms with Gasteiger partial charge in [-0.2, -0.15) is 9.61 Å². The molecule has 1 aliphatic rings. The predicted octanol–water partition coefficient (Wildman–Crippen LogP) is 5.97. The Morgan fingerprint density at radius 3 is 2.59 bits per heavy atom. The zero-order chi connectivity index (χ0) is 27.0. The Morgan fingerprint density at radius 2 is 2.00 bits per heavy atom. The maximum atomic E-state index is 12.6. The van der Waals surface area contributed by atoms with Crippen LogP contribution in [0.3, 0.4) is 0 Å². The third kappa shape index (κ3) is 6.05. The number of aliphatic carboxylic acids is 1. The van der Waals surface area contributed by atoms with Crippen LogP contribution in [0, 0.1) is 6.92 Å². The number of halogens is 1. The van der Waals surface area contributed by atoms with Crippen molar-refractivity contribution in [3.63, 3.8) is 0 Å². The van der Waals surface area contributed by atoms with Crippen LogP contribution in [0.25, 0.3) is 16.9 Å². The van der Waals surface area contributed by atoms with Gasteiger partial charge in [0.25, 0.3) is 0 Å². The standard InChI is InChI=1S/C28H35BrN4O4/c1-7-15-36-28(6)11-13-32(14-12-28)25-23(24(26(34)35)37-27(3,4)5)18(2)30-22-17-21(31-33(22)25)19-9-8-10-20(29)16-19/h7-10,16-17,24H,1,11-15H2,2-6H3,(H,34,35). The van der Waals surface area contributed by atoms with Crippen LogP contribution >= 0.6 is 15.9 Å². The summed E-state index contributed by atoms with van der Waals surface area (Å²) in [5.41, 5.74) is 2.53. The van der Waals surface area contributed by atoms with Crippen LogP contribution in [0.1, 0.15) is 57.9 Å². The molecule has 1 aromatic carbocycles. The van der Waals surface area contributed by atoms with Crippen LogP contribution in [0.4, 0.5) is 5.82 Å². The van der Waals surface area contributed by atoms with Gasteiger partial charge in [-0.3, -0.25) is 0 Å². The lowest BCUT2D eigenvalue weighted by Gasteiger charge is -2.41. The number of rotatable bonds is 8. The first-order valence-corrected chi connectivity index (χ1v) is 13.3. The summed E-state index contributed by atoms with van der Waals surface area (Å²) >= 11 is 3.54. The summed E-state index contributed by atoms with van der Waals surface area (Å²) in [6.07, 6.45) is 2.12. The normalized spacial score (nSPS) is 16.6. The average molecular weight is 572 g/mol. The number of carboxylic acid groups (broad SMARTS) is 1. The van der Waals surface area contributed by atoms with E-state index in [2.05, 4.69) is 34.3 Å². The average Bonchev–Trinajstić information content (AvgIpc) is 3.24. The first kappa shape index (κ1) is 27.3. The maximum absolute atomic E-state index is 12.6. The molecule has 0 amide bonds. The molecule has 3 heterocycles. The summed E-state index contributed by atoms with van der Waals surface area (Å²) in [6.45, 7) is 15.1. The number of ether oxygens (including phenoxy) is 2. The summed E-state index contributed by atoms with van der Waals surface area (Å²) in [4.78, 5) is 19.5. The van der Waals surface area contributed by atoms with Crippen molar-refractivity contribution in [3.8, 4) is 11.3 Å². The summed E-state index contributed by atoms with van der Waals surface area (Å²) in [7, 11) is 0. The largest absolute Gasteiger partial charge is 0.479 e. The first-order valence-electron chi connectivity index (χ1n) is 12.5. The summed E-state index contributed by atoms with van der Waals surface area (Å²) < 4.78 is 14.9. The van der Waals surface area contributed by atoms with E-state index in [0.29, 0.717) is 42.4 Å². The van der Waals surface area contributed by atoms with Crippen LogP contribution in [0.5, 0.6) is 0 Å². The quantitative estimate of drug-likeness (QED) is 0.333. The van der Waals surface area contributed by atoms with Crippen molar-refractivity contribution >= 4 is 33.4 Å². The second-order valence-electron chi connectivity index (χ2n) is 10.7. The molecule has 0 radical (unpaired) electrons. The molecule has 37 heavy (non-hydrogen) atoms. The fourth-order valence-electron chi connectivity index (χ4n) is 4.70. The highest BCUT2D eigenvalue weighted by molar-refractivity contribution is 9.10. The van der Waals surface area contributed by atoms with Gasteiger partial charge in [-0.25, -0.2) is 9.78 Å². The van der Waals surface area contributed by atoms with Crippen molar-refractivity contribution in [2.45, 2.75) is 64.8 Å². The lowest BCUT2D eigenvalue weighted by Crippen LogP contribution is -2.45. The van der Waals surface area contributed by atoms with Crippen molar-refractivity contribution < 1.29 is 19.4 Å². The minimum absolute atomic E-state index is 0.272. The smallest absolute Gasteiger partial charge is 0.337 e. The number of carboxylic acids is 1. The maximum Gasteiger partial charge on any atom is 0.337 e. The second-order valence-corrected chi connectivity index (χ2v) is 11.6. The topological polar surface area (TPSA) is 89.2 Å². The number of anilines is 1. The molecule has 0 bridgehead atoms. The van der Waals surface area contributed by atoms with Crippen LogP contribution in [-0.4, -0.2) is 56.6 Å². The number of fused-ring (bicyclic) bond motifs is 1. The Bertz CT molecular complexity index is 1310. The van der Waals surface area contributed by atoms with Gasteiger partial charge in [0.1, 0.15) is 5.82 Å². The molecule has 0 aliphatic carbocycles. The van der Waals surface area contributed by atoms with Gasteiger partial charge in [-0.15, -0.1) is 6.58 Å². The number of aromatic nitrogens is 3. The minimum Gasteiger partial charge on any atom is -0.479 e. The highest BCUT2D eigenvalue weighted by atomic mass is 79.9. The van der Waals surface area contributed by atoms with Crippen molar-refractivity contribution in [2.75, 3.05) is 24.6 Å². The van der Waals surface area contributed by atoms with Gasteiger partial charge >= 0.3 is 5.97 Å². The minimum atomic E-state index is -1.20. The third-order valence-electron chi connectivity index (χ3n) is 6.55. The fraction of sp³-hybridized carbons (Fsp3) is 0.464. The monoisotopic (exact) mass is 570 g/mol. The number of aryl methyl sites for hydroxylation is 1. The van der Waals surface area contributed by atoms with Crippen molar-refractivity contribution in [2.24, 2.45) is 0 Å². The molecule has 198 valence electrons. The molecular formula is C28H35BrN4O4. The van der Waals surface area contributed by atoms with Crippen molar-refractivity contribution in [1.82, 2.24) is 14.6 Å². The van der Waals surface area contributed by atoms with E-state index in [9.17, 15) is 9.90 Å². The Hall–Kier alpha value is -2.75. The summed E-state index contributed by atoms with van der Waals surface area (Å²) in [5, 5.41) is 15.2. The van der Waals surface area contributed by atoms with Crippen molar-refractivity contribution in [3.05, 3.63) is 58.7 Å². The molecule has 1 fully saturated rings. The number of carbonyl (C=O) groups is 1. The van der Waals surface area contributed by atoms with Gasteiger partial charge in [0, 0.05) is 34.9 Å². The van der Waals surface area contributed by atoms with Gasteiger partial charge in [0.05, 0.1) is 29.1 Å². The number of benzene rings is 1. The molecule has 1 atom stereocenters. The van der Waals surface area contributed by atoms with Crippen LogP contribution in [0.15, 0.2) is 47.5 Å². The van der Waals surface area contributed by atoms with E-state index in [1.165, 1.54) is 0 Å². The molecule has 3 aromatic rings. The van der Waals surface area contributed by atoms with Crippen LogP contribution < -0.4 is 4.90 Å². The molecule has 1 unspecified atom stereocenters. The highest BCUT2D eigenvalue weighted by Gasteiger charge is 2.37. The Labute approximate surface area is 226 Å². The number of hydrogen-bond donors (Lipinski definition) is 1. The lowest BCUT2D eigenvalue weighted by molar-refractivity contribution is -0.160. The van der Waals surface area contributed by atoms with Gasteiger partial charge in [0.15, 0.2) is 11.8 Å². The van der Waals surface area contributed by atoms with E-state index in [-0.39, 0.29) is 5.60 Å². The van der Waals surface area contributed by atoms with Crippen LogP contribution in [-0.2, 0) is 14.3 Å². The summed E-state index contributed by atoms with van der Waals surface area (Å²) in [5.74, 6) is -0.359. The summed E-state index contributed by atoms with van der Waals surface area (Å²) in [6, 6.07) is 9.85. The molecule has 1 N–H and O–H groups in total. The second kappa shape index (κ2) is 10.6. The molecule has 1 aliphatic heterocycles. The van der Waals surface area contributed by atoms with Gasteiger partial charge < -0.3 is 19.5 Å². The van der Waals surface area contributed by atoms with E-state index >= 15 is 0 Å². The number of piperidine rings is 1. The van der Waals surface area contributed by atoms with E-state index in [4.69, 9.17) is 19.6 Å². The zero-order valence-corrected chi connectivity index (χ0v) is 23.7. The zero-order valence-electron chi connectivity index (χ0n) is 22.1. The SMILES string of the molecule is C=CCOC1(C)CCN(c2c(C(OC(C)(C)C)C(=O)O)c(C)nc3cc(-c4cccc(Br)c4)nn23)CC1. The van der Waals surface area contributed by atoms with Gasteiger partial charge in [-0.05, 0) is 59.6 Å². The number of hydrogen-bond acceptors (Lipinski definition) is 6. The van der Waals surface area contributed by atoms with E-state index in [1.54, 1.807) is 10.6 Å². The fourth-order valence-corrected chi connectivity index (χ4v) is 5.10. The van der Waals surface area contributed by atoms with E-state index < -0.39 is 17.7 Å². The predicted molar refractivity (Wildman–Crippen MR) is 148 cm³/mol. The van der Waals surface area contributed by atoms with E-state index in [0.717, 1.165) is 28.6 Å². The molecule has 0 spiro atoms. The molecule has 1 saturated heterocycles. The Morgan fingerprint density at radius 1 is 1.30 bits per heavy atom. The Kier molecular flexibility index (Phi) is 7.78. The third-order valence-corrected chi connectivity index (χ3v) is 7.05. The van der Waals surface area contributed by atoms with Crippen molar-refractivity contribution in [1.29, 1.82) is 0 Å². The van der Waals surface area contributed by atoms with E-state index in [1.807, 2.05) is 58.0 Å². The van der Waals surface area contributed by atoms with Gasteiger partial charge in [-0.1, -0.05) is 34.1 Å². The van der Waals surface area contributed by atoms with Crippen LogP contribution in [0.2, 0.25) is 0 Å². The molecule has 8 nitrogen and oxygen atoms in total. The molecule has 4 rings (SSSR count). The Balaban J connectivity index is 1.87. The molecule has 9 heteroatoms. The first-order chi connectivity index (χ1) is 17.4. The molecular weight excluding hydrogens is 536 g/mol. The molecule has 0 saturated carbocycles. The highest BCUT2D eigenvalue weighted by Crippen LogP contribution is 2.38.